The number of nitrogens with zero attached hydrogens (tertiary/aromatic N) is 2. The van der Waals surface area contributed by atoms with Crippen LogP contribution in [0, 0.1) is 0 Å². The monoisotopic (exact) mass is 311 g/mol. The summed E-state index contributed by atoms with van der Waals surface area (Å²) < 4.78 is 5.18. The van der Waals surface area contributed by atoms with Crippen LogP contribution >= 0.6 is 11.8 Å². The number of anilines is 1. The Labute approximate surface area is 128 Å². The zero-order valence-electron chi connectivity index (χ0n) is 12.6. The van der Waals surface area contributed by atoms with Crippen LogP contribution in [0.2, 0.25) is 0 Å². The van der Waals surface area contributed by atoms with Crippen molar-refractivity contribution in [3.05, 3.63) is 11.8 Å². The van der Waals surface area contributed by atoms with Crippen molar-refractivity contribution in [2.24, 2.45) is 0 Å². The van der Waals surface area contributed by atoms with E-state index in [-0.39, 0.29) is 11.2 Å². The van der Waals surface area contributed by atoms with Crippen molar-refractivity contribution >= 4 is 29.4 Å². The van der Waals surface area contributed by atoms with E-state index in [0.717, 1.165) is 17.9 Å². The maximum atomic E-state index is 12.1. The summed E-state index contributed by atoms with van der Waals surface area (Å²) in [6, 6.07) is 1.66. The highest BCUT2D eigenvalue weighted by atomic mass is 32.2. The molecule has 0 spiro atoms. The van der Waals surface area contributed by atoms with E-state index >= 15 is 0 Å². The summed E-state index contributed by atoms with van der Waals surface area (Å²) >= 11 is 1.81. The quantitative estimate of drug-likeness (QED) is 0.801. The van der Waals surface area contributed by atoms with E-state index in [2.05, 4.69) is 10.5 Å². The van der Waals surface area contributed by atoms with Crippen molar-refractivity contribution in [1.29, 1.82) is 0 Å². The molecule has 0 aliphatic carbocycles. The van der Waals surface area contributed by atoms with Gasteiger partial charge in [-0.3, -0.25) is 14.9 Å². The first kappa shape index (κ1) is 15.9. The molecule has 2 heterocycles. The van der Waals surface area contributed by atoms with E-state index in [1.807, 2.05) is 20.8 Å². The Hall–Kier alpha value is -1.50. The largest absolute Gasteiger partial charge is 0.359 e. The van der Waals surface area contributed by atoms with Crippen LogP contribution in [0.3, 0.4) is 0 Å². The summed E-state index contributed by atoms with van der Waals surface area (Å²) in [7, 11) is 0. The van der Waals surface area contributed by atoms with Crippen LogP contribution in [0.4, 0.5) is 5.82 Å². The van der Waals surface area contributed by atoms with E-state index in [1.165, 1.54) is 0 Å². The van der Waals surface area contributed by atoms with Crippen molar-refractivity contribution in [2.75, 3.05) is 29.9 Å². The van der Waals surface area contributed by atoms with E-state index in [9.17, 15) is 9.59 Å². The number of thioether (sulfide) groups is 1. The molecule has 0 unspecified atom stereocenters. The second-order valence-corrected chi connectivity index (χ2v) is 7.26. The maximum Gasteiger partial charge on any atom is 0.315 e. The van der Waals surface area contributed by atoms with Gasteiger partial charge in [0.05, 0.1) is 0 Å². The number of carbonyl (C=O) groups excluding carboxylic acids is 2. The Morgan fingerprint density at radius 2 is 2.10 bits per heavy atom. The molecule has 1 fully saturated rings. The second-order valence-electron chi connectivity index (χ2n) is 6.04. The molecule has 1 N–H and O–H groups in total. The smallest absolute Gasteiger partial charge is 0.315 e. The minimum Gasteiger partial charge on any atom is -0.359 e. The molecule has 21 heavy (non-hydrogen) atoms. The summed E-state index contributed by atoms with van der Waals surface area (Å²) in [5, 5.41) is 6.30. The van der Waals surface area contributed by atoms with Gasteiger partial charge in [-0.05, 0) is 12.2 Å². The average Bonchev–Trinajstić information content (AvgIpc) is 2.72. The molecule has 2 rings (SSSR count). The predicted molar refractivity (Wildman–Crippen MR) is 82.4 cm³/mol. The highest BCUT2D eigenvalue weighted by Gasteiger charge is 2.25. The van der Waals surface area contributed by atoms with E-state index in [4.69, 9.17) is 4.52 Å². The van der Waals surface area contributed by atoms with Gasteiger partial charge in [0.2, 0.25) is 0 Å². The third kappa shape index (κ3) is 4.23. The van der Waals surface area contributed by atoms with Crippen LogP contribution in [-0.4, -0.2) is 46.5 Å². The minimum atomic E-state index is -0.657. The van der Waals surface area contributed by atoms with Crippen LogP contribution < -0.4 is 5.32 Å². The molecule has 0 bridgehead atoms. The first-order chi connectivity index (χ1) is 9.88. The van der Waals surface area contributed by atoms with Crippen molar-refractivity contribution in [3.63, 3.8) is 0 Å². The molecule has 7 heteroatoms. The SMILES string of the molecule is CC(C)(C)c1cc(NC(=O)C(=O)N2CCCSCC2)no1. The Balaban J connectivity index is 1.97. The molecule has 1 saturated heterocycles. The van der Waals surface area contributed by atoms with E-state index in [1.54, 1.807) is 22.7 Å². The molecular weight excluding hydrogens is 290 g/mol. The number of nitrogens with one attached hydrogen (secondary N) is 1. The predicted octanol–water partition coefficient (Wildman–Crippen LogP) is 1.88. The standard InChI is InChI=1S/C14H21N3O3S/c1-14(2,3)10-9-11(16-20-10)15-12(18)13(19)17-5-4-7-21-8-6-17/h9H,4-8H2,1-3H3,(H,15,16,18). The second kappa shape index (κ2) is 6.51. The Morgan fingerprint density at radius 3 is 2.76 bits per heavy atom. The molecule has 0 radical (unpaired) electrons. The number of hydrogen-bond donors (Lipinski definition) is 1. The summed E-state index contributed by atoms with van der Waals surface area (Å²) in [6.07, 6.45) is 0.918. The van der Waals surface area contributed by atoms with Gasteiger partial charge < -0.3 is 9.42 Å². The number of carbonyl (C=O) groups is 2. The third-order valence-corrected chi connectivity index (χ3v) is 4.24. The van der Waals surface area contributed by atoms with Gasteiger partial charge in [0.25, 0.3) is 0 Å². The molecule has 0 saturated carbocycles. The van der Waals surface area contributed by atoms with Gasteiger partial charge in [-0.1, -0.05) is 25.9 Å². The summed E-state index contributed by atoms with van der Waals surface area (Å²) in [6.45, 7) is 7.20. The fourth-order valence-corrected chi connectivity index (χ4v) is 2.84. The molecule has 0 aromatic carbocycles. The van der Waals surface area contributed by atoms with Crippen molar-refractivity contribution in [1.82, 2.24) is 10.1 Å². The number of hydrogen-bond acceptors (Lipinski definition) is 5. The van der Waals surface area contributed by atoms with Crippen LogP contribution in [0.15, 0.2) is 10.6 Å². The molecule has 1 aromatic rings. The highest BCUT2D eigenvalue weighted by Crippen LogP contribution is 2.24. The van der Waals surface area contributed by atoms with Crippen LogP contribution in [0.25, 0.3) is 0 Å². The molecule has 0 atom stereocenters. The van der Waals surface area contributed by atoms with Crippen molar-refractivity contribution < 1.29 is 14.1 Å². The zero-order valence-corrected chi connectivity index (χ0v) is 13.5. The lowest BCUT2D eigenvalue weighted by atomic mass is 9.93. The fourth-order valence-electron chi connectivity index (χ4n) is 1.95. The molecule has 1 aliphatic heterocycles. The van der Waals surface area contributed by atoms with Gasteiger partial charge in [0, 0.05) is 30.3 Å². The van der Waals surface area contributed by atoms with Crippen molar-refractivity contribution in [2.45, 2.75) is 32.6 Å². The molecule has 1 aliphatic rings. The van der Waals surface area contributed by atoms with Crippen LogP contribution in [0.1, 0.15) is 33.0 Å². The average molecular weight is 311 g/mol. The molecular formula is C14H21N3O3S. The molecule has 116 valence electrons. The van der Waals surface area contributed by atoms with Gasteiger partial charge >= 0.3 is 11.8 Å². The number of amides is 2. The topological polar surface area (TPSA) is 75.4 Å². The molecule has 6 nitrogen and oxygen atoms in total. The lowest BCUT2D eigenvalue weighted by Crippen LogP contribution is -2.40. The summed E-state index contributed by atoms with van der Waals surface area (Å²) in [5.41, 5.74) is -0.192. The van der Waals surface area contributed by atoms with Gasteiger partial charge in [-0.25, -0.2) is 0 Å². The highest BCUT2D eigenvalue weighted by molar-refractivity contribution is 7.99. The van der Waals surface area contributed by atoms with Gasteiger partial charge in [0.1, 0.15) is 5.76 Å². The molecule has 2 amide bonds. The first-order valence-electron chi connectivity index (χ1n) is 7.03. The van der Waals surface area contributed by atoms with Gasteiger partial charge in [-0.15, -0.1) is 0 Å². The van der Waals surface area contributed by atoms with Crippen LogP contribution in [-0.2, 0) is 15.0 Å². The summed E-state index contributed by atoms with van der Waals surface area (Å²) in [5.74, 6) is 1.69. The van der Waals surface area contributed by atoms with Gasteiger partial charge in [-0.2, -0.15) is 11.8 Å². The molecule has 1 aromatic heterocycles. The lowest BCUT2D eigenvalue weighted by Gasteiger charge is -2.18. The van der Waals surface area contributed by atoms with E-state index in [0.29, 0.717) is 18.8 Å². The third-order valence-electron chi connectivity index (χ3n) is 3.19. The Morgan fingerprint density at radius 1 is 1.33 bits per heavy atom. The Kier molecular flexibility index (Phi) is 4.92. The summed E-state index contributed by atoms with van der Waals surface area (Å²) in [4.78, 5) is 25.7. The van der Waals surface area contributed by atoms with E-state index < -0.39 is 11.8 Å². The van der Waals surface area contributed by atoms with Crippen LogP contribution in [0.5, 0.6) is 0 Å². The Bertz CT molecular complexity index is 514. The minimum absolute atomic E-state index is 0.192. The fraction of sp³-hybridized carbons (Fsp3) is 0.643. The zero-order chi connectivity index (χ0) is 15.5. The first-order valence-corrected chi connectivity index (χ1v) is 8.18. The maximum absolute atomic E-state index is 12.1. The number of rotatable bonds is 1. The normalized spacial score (nSPS) is 16.4. The number of aromatic nitrogens is 1. The van der Waals surface area contributed by atoms with Gasteiger partial charge in [0.15, 0.2) is 5.82 Å². The lowest BCUT2D eigenvalue weighted by molar-refractivity contribution is -0.142. The van der Waals surface area contributed by atoms with Crippen molar-refractivity contribution in [3.8, 4) is 0 Å².